The van der Waals surface area contributed by atoms with Crippen molar-refractivity contribution in [3.05, 3.63) is 114 Å². The molecule has 1 N–H and O–H groups in total. The van der Waals surface area contributed by atoms with Gasteiger partial charge in [0.1, 0.15) is 5.82 Å². The van der Waals surface area contributed by atoms with E-state index in [0.717, 1.165) is 39.9 Å². The second-order valence-corrected chi connectivity index (χ2v) is 32.1. The molecule has 0 spiro atoms. The van der Waals surface area contributed by atoms with Gasteiger partial charge in [0.05, 0.1) is 19.5 Å². The highest BCUT2D eigenvalue weighted by atomic mass is 28.5. The number of aromatic nitrogens is 2. The summed E-state index contributed by atoms with van der Waals surface area (Å²) in [4.78, 5) is 8.77. The SMILES string of the molecule is Cc1cc(C)cc([Si](C)(C)O[Si](C)(C)O[Si](C)(C)CC[Si](C)(C)c2ccc(-c3nc(-c4ccccc4)c(-c4ccccc4)[nH]3)cc2)c1. The summed E-state index contributed by atoms with van der Waals surface area (Å²) in [5.74, 6) is 0.898. The summed E-state index contributed by atoms with van der Waals surface area (Å²) in [5.41, 5.74) is 7.99. The molecule has 47 heavy (non-hydrogen) atoms. The van der Waals surface area contributed by atoms with Crippen LogP contribution < -0.4 is 10.4 Å². The Morgan fingerprint density at radius 1 is 0.574 bits per heavy atom. The molecule has 0 bridgehead atoms. The number of hydrogen-bond donors (Lipinski definition) is 1. The maximum atomic E-state index is 7.04. The van der Waals surface area contributed by atoms with E-state index in [9.17, 15) is 0 Å². The molecule has 0 radical (unpaired) electrons. The average molecular weight is 693 g/mol. The number of hydrogen-bond acceptors (Lipinski definition) is 3. The maximum Gasteiger partial charge on any atom is 0.311 e. The summed E-state index contributed by atoms with van der Waals surface area (Å²) in [5, 5.41) is 2.83. The standard InChI is InChI=1S/C39H52N2O2Si4/c1-30-27-31(2)29-36(28-30)46(7,8)43-47(9,10)42-45(5,6)26-25-44(3,4)35-23-21-34(22-24-35)39-40-37(32-17-13-11-14-18-32)38(41-39)33-19-15-12-16-20-33/h11-24,27-29H,25-26H2,1-10H3,(H,40,41). The Morgan fingerprint density at radius 3 is 1.70 bits per heavy atom. The highest BCUT2D eigenvalue weighted by Crippen LogP contribution is 2.33. The Labute approximate surface area is 287 Å². The van der Waals surface area contributed by atoms with E-state index in [0.29, 0.717) is 0 Å². The van der Waals surface area contributed by atoms with Crippen molar-refractivity contribution in [3.63, 3.8) is 0 Å². The lowest BCUT2D eigenvalue weighted by Gasteiger charge is -2.39. The third-order valence-corrected chi connectivity index (χ3v) is 24.3. The predicted molar refractivity (Wildman–Crippen MR) is 212 cm³/mol. The van der Waals surface area contributed by atoms with Crippen LogP contribution in [0, 0.1) is 13.8 Å². The van der Waals surface area contributed by atoms with E-state index >= 15 is 0 Å². The maximum absolute atomic E-state index is 7.04. The molecule has 4 nitrogen and oxygen atoms in total. The molecule has 0 aliphatic heterocycles. The smallest absolute Gasteiger partial charge is 0.311 e. The van der Waals surface area contributed by atoms with Gasteiger partial charge in [0.15, 0.2) is 8.32 Å². The van der Waals surface area contributed by atoms with E-state index < -0.39 is 33.3 Å². The zero-order valence-electron chi connectivity index (χ0n) is 30.0. The minimum Gasteiger partial charge on any atom is -0.437 e. The third-order valence-electron chi connectivity index (χ3n) is 9.05. The topological polar surface area (TPSA) is 47.1 Å². The summed E-state index contributed by atoms with van der Waals surface area (Å²) < 4.78 is 14.0. The minimum absolute atomic E-state index is 0.898. The van der Waals surface area contributed by atoms with Crippen molar-refractivity contribution >= 4 is 43.6 Å². The molecular weight excluding hydrogens is 641 g/mol. The molecule has 0 aliphatic carbocycles. The number of rotatable bonds is 12. The lowest BCUT2D eigenvalue weighted by molar-refractivity contribution is 0.395. The van der Waals surface area contributed by atoms with Crippen molar-refractivity contribution in [2.24, 2.45) is 0 Å². The number of imidazole rings is 1. The van der Waals surface area contributed by atoms with Crippen LogP contribution in [-0.4, -0.2) is 43.2 Å². The Morgan fingerprint density at radius 2 is 1.13 bits per heavy atom. The summed E-state index contributed by atoms with van der Waals surface area (Å²) >= 11 is 0. The highest BCUT2D eigenvalue weighted by Gasteiger charge is 2.41. The van der Waals surface area contributed by atoms with E-state index in [1.807, 2.05) is 6.07 Å². The van der Waals surface area contributed by atoms with Gasteiger partial charge in [-0.2, -0.15) is 0 Å². The molecule has 0 saturated heterocycles. The van der Waals surface area contributed by atoms with Crippen LogP contribution in [-0.2, 0) is 8.23 Å². The zero-order chi connectivity index (χ0) is 34.0. The molecular formula is C39H52N2O2Si4. The van der Waals surface area contributed by atoms with Crippen LogP contribution in [0.25, 0.3) is 33.9 Å². The number of aryl methyl sites for hydroxylation is 2. The van der Waals surface area contributed by atoms with Crippen molar-refractivity contribution in [1.82, 2.24) is 9.97 Å². The van der Waals surface area contributed by atoms with Crippen LogP contribution in [0.2, 0.25) is 64.5 Å². The lowest BCUT2D eigenvalue weighted by atomic mass is 10.1. The Hall–Kier alpha value is -3.12. The first-order valence-electron chi connectivity index (χ1n) is 16.8. The van der Waals surface area contributed by atoms with Crippen LogP contribution in [0.5, 0.6) is 0 Å². The first-order valence-corrected chi connectivity index (χ1v) is 28.9. The molecule has 0 atom stereocenters. The third kappa shape index (κ3) is 8.87. The first-order chi connectivity index (χ1) is 22.0. The monoisotopic (exact) mass is 692 g/mol. The molecule has 0 unspecified atom stereocenters. The van der Waals surface area contributed by atoms with Crippen LogP contribution in [0.3, 0.4) is 0 Å². The minimum atomic E-state index is -2.34. The van der Waals surface area contributed by atoms with Gasteiger partial charge in [-0.05, 0) is 64.4 Å². The molecule has 0 saturated carbocycles. The molecule has 0 amide bonds. The van der Waals surface area contributed by atoms with E-state index in [1.165, 1.54) is 27.5 Å². The summed E-state index contributed by atoms with van der Waals surface area (Å²) in [7, 11) is -8.10. The average Bonchev–Trinajstić information content (AvgIpc) is 3.45. The molecule has 0 aliphatic rings. The molecule has 1 aromatic heterocycles. The van der Waals surface area contributed by atoms with E-state index in [2.05, 4.69) is 168 Å². The number of benzene rings is 4. The van der Waals surface area contributed by atoms with E-state index in [1.54, 1.807) is 0 Å². The van der Waals surface area contributed by atoms with Crippen molar-refractivity contribution in [2.75, 3.05) is 0 Å². The Kier molecular flexibility index (Phi) is 10.3. The van der Waals surface area contributed by atoms with Crippen LogP contribution in [0.4, 0.5) is 0 Å². The number of nitrogens with one attached hydrogen (secondary N) is 1. The van der Waals surface area contributed by atoms with Gasteiger partial charge in [0.2, 0.25) is 8.32 Å². The van der Waals surface area contributed by atoms with Gasteiger partial charge in [-0.3, -0.25) is 0 Å². The summed E-state index contributed by atoms with van der Waals surface area (Å²) in [6.45, 7) is 23.3. The quantitative estimate of drug-likeness (QED) is 0.132. The number of aromatic amines is 1. The van der Waals surface area contributed by atoms with Gasteiger partial charge in [-0.1, -0.05) is 139 Å². The summed E-state index contributed by atoms with van der Waals surface area (Å²) in [6.07, 6.45) is 0. The van der Waals surface area contributed by atoms with E-state index in [4.69, 9.17) is 13.2 Å². The fraction of sp³-hybridized carbons (Fsp3) is 0.308. The Bertz CT molecular complexity index is 1720. The molecule has 1 heterocycles. The van der Waals surface area contributed by atoms with Crippen molar-refractivity contribution in [1.29, 1.82) is 0 Å². The van der Waals surface area contributed by atoms with Gasteiger partial charge < -0.3 is 13.2 Å². The molecule has 5 aromatic rings. The largest absolute Gasteiger partial charge is 0.437 e. The van der Waals surface area contributed by atoms with Crippen LogP contribution >= 0.6 is 0 Å². The highest BCUT2D eigenvalue weighted by molar-refractivity contribution is 6.94. The predicted octanol–water partition coefficient (Wildman–Crippen LogP) is 10.00. The molecule has 8 heteroatoms. The van der Waals surface area contributed by atoms with Crippen molar-refractivity contribution < 1.29 is 8.23 Å². The summed E-state index contributed by atoms with van der Waals surface area (Å²) in [6, 6.07) is 39.3. The van der Waals surface area contributed by atoms with Gasteiger partial charge in [-0.15, -0.1) is 0 Å². The number of H-pyrrole nitrogens is 1. The second kappa shape index (κ2) is 13.8. The van der Waals surface area contributed by atoms with Crippen LogP contribution in [0.15, 0.2) is 103 Å². The number of nitrogens with zero attached hydrogens (tertiary/aromatic N) is 1. The fourth-order valence-electron chi connectivity index (χ4n) is 6.70. The molecule has 0 fully saturated rings. The molecule has 4 aromatic carbocycles. The normalized spacial score (nSPS) is 12.8. The lowest BCUT2D eigenvalue weighted by Crippen LogP contribution is -2.57. The van der Waals surface area contributed by atoms with Crippen molar-refractivity contribution in [2.45, 2.75) is 78.3 Å². The van der Waals surface area contributed by atoms with E-state index in [-0.39, 0.29) is 0 Å². The van der Waals surface area contributed by atoms with Gasteiger partial charge >= 0.3 is 8.56 Å². The van der Waals surface area contributed by atoms with Gasteiger partial charge in [0.25, 0.3) is 0 Å². The zero-order valence-corrected chi connectivity index (χ0v) is 34.0. The van der Waals surface area contributed by atoms with Gasteiger partial charge in [-0.25, -0.2) is 4.98 Å². The Balaban J connectivity index is 1.28. The van der Waals surface area contributed by atoms with Gasteiger partial charge in [0, 0.05) is 16.7 Å². The van der Waals surface area contributed by atoms with Crippen molar-refractivity contribution in [3.8, 4) is 33.9 Å². The molecule has 5 rings (SSSR count). The van der Waals surface area contributed by atoms with Crippen LogP contribution in [0.1, 0.15) is 11.1 Å². The first kappa shape index (κ1) is 35.2. The molecule has 246 valence electrons. The fourth-order valence-corrected chi connectivity index (χ4v) is 25.8. The second-order valence-electron chi connectivity index (χ2n) is 15.3.